The van der Waals surface area contributed by atoms with Gasteiger partial charge >= 0.3 is 0 Å². The van der Waals surface area contributed by atoms with Crippen LogP contribution in [0.1, 0.15) is 20.3 Å². The minimum atomic E-state index is 0.00872. The van der Waals surface area contributed by atoms with Gasteiger partial charge in [-0.05, 0) is 36.5 Å². The average Bonchev–Trinajstić information content (AvgIpc) is 2.36. The summed E-state index contributed by atoms with van der Waals surface area (Å²) < 4.78 is 5.50. The highest BCUT2D eigenvalue weighted by Gasteiger charge is 2.25. The Labute approximate surface area is 129 Å². The molecule has 0 spiro atoms. The van der Waals surface area contributed by atoms with E-state index in [4.69, 9.17) is 27.9 Å². The van der Waals surface area contributed by atoms with Crippen LogP contribution in [0.2, 0.25) is 10.0 Å². The van der Waals surface area contributed by atoms with Crippen LogP contribution in [-0.4, -0.2) is 30.5 Å². The predicted octanol–water partition coefficient (Wildman–Crippen LogP) is 3.88. The first-order valence-corrected chi connectivity index (χ1v) is 7.57. The molecule has 0 radical (unpaired) electrons. The van der Waals surface area contributed by atoms with Gasteiger partial charge in [-0.2, -0.15) is 0 Å². The molecule has 1 aliphatic heterocycles. The number of likely N-dealkylation sites (tertiary alicyclic amines) is 1. The van der Waals surface area contributed by atoms with Gasteiger partial charge < -0.3 is 9.64 Å². The Bertz CT molecular complexity index is 483. The van der Waals surface area contributed by atoms with Gasteiger partial charge in [0, 0.05) is 18.1 Å². The number of hydrogen-bond acceptors (Lipinski definition) is 2. The zero-order valence-corrected chi connectivity index (χ0v) is 13.2. The van der Waals surface area contributed by atoms with Gasteiger partial charge in [0.1, 0.15) is 5.75 Å². The van der Waals surface area contributed by atoms with Crippen molar-refractivity contribution >= 4 is 29.1 Å². The van der Waals surface area contributed by atoms with Gasteiger partial charge in [-0.3, -0.25) is 4.79 Å². The molecule has 1 saturated heterocycles. The summed E-state index contributed by atoms with van der Waals surface area (Å²) in [5, 5.41) is 0.970. The molecule has 1 fully saturated rings. The molecule has 2 atom stereocenters. The number of halogens is 2. The van der Waals surface area contributed by atoms with E-state index in [0.717, 1.165) is 13.1 Å². The maximum absolute atomic E-state index is 12.2. The number of carbonyl (C=O) groups excluding carboxylic acids is 1. The molecule has 0 saturated carbocycles. The second-order valence-corrected chi connectivity index (χ2v) is 6.45. The van der Waals surface area contributed by atoms with Crippen molar-refractivity contribution in [2.45, 2.75) is 20.3 Å². The second kappa shape index (κ2) is 6.68. The number of nitrogens with zero attached hydrogens (tertiary/aromatic N) is 1. The smallest absolute Gasteiger partial charge is 0.260 e. The van der Waals surface area contributed by atoms with Crippen LogP contribution >= 0.6 is 23.2 Å². The molecule has 1 amide bonds. The number of piperidine rings is 1. The molecule has 110 valence electrons. The van der Waals surface area contributed by atoms with E-state index >= 15 is 0 Å². The van der Waals surface area contributed by atoms with E-state index in [-0.39, 0.29) is 12.5 Å². The van der Waals surface area contributed by atoms with Crippen molar-refractivity contribution in [3.8, 4) is 5.75 Å². The Morgan fingerprint density at radius 1 is 1.30 bits per heavy atom. The molecule has 2 rings (SSSR count). The summed E-state index contributed by atoms with van der Waals surface area (Å²) in [5.74, 6) is 1.58. The molecule has 20 heavy (non-hydrogen) atoms. The van der Waals surface area contributed by atoms with Gasteiger partial charge in [-0.1, -0.05) is 37.0 Å². The first kappa shape index (κ1) is 15.5. The topological polar surface area (TPSA) is 29.5 Å². The Morgan fingerprint density at radius 3 is 2.55 bits per heavy atom. The molecule has 0 aliphatic carbocycles. The zero-order valence-electron chi connectivity index (χ0n) is 11.7. The average molecular weight is 316 g/mol. The van der Waals surface area contributed by atoms with E-state index in [1.54, 1.807) is 18.2 Å². The zero-order chi connectivity index (χ0) is 14.7. The van der Waals surface area contributed by atoms with Gasteiger partial charge in [-0.15, -0.1) is 0 Å². The van der Waals surface area contributed by atoms with Crippen molar-refractivity contribution in [3.05, 3.63) is 28.2 Å². The van der Waals surface area contributed by atoms with Crippen molar-refractivity contribution in [1.29, 1.82) is 0 Å². The molecular formula is C15H19Cl2NO2. The lowest BCUT2D eigenvalue weighted by molar-refractivity contribution is -0.136. The van der Waals surface area contributed by atoms with Gasteiger partial charge in [0.2, 0.25) is 0 Å². The minimum Gasteiger partial charge on any atom is -0.482 e. The maximum Gasteiger partial charge on any atom is 0.260 e. The maximum atomic E-state index is 12.2. The van der Waals surface area contributed by atoms with Crippen LogP contribution in [0.25, 0.3) is 0 Å². The van der Waals surface area contributed by atoms with Crippen molar-refractivity contribution in [2.24, 2.45) is 11.8 Å². The van der Waals surface area contributed by atoms with Crippen LogP contribution in [0.4, 0.5) is 0 Å². The highest BCUT2D eigenvalue weighted by molar-refractivity contribution is 6.35. The quantitative estimate of drug-likeness (QED) is 0.847. The summed E-state index contributed by atoms with van der Waals surface area (Å²) in [7, 11) is 0. The fraction of sp³-hybridized carbons (Fsp3) is 0.533. The lowest BCUT2D eigenvalue weighted by Crippen LogP contribution is -2.44. The highest BCUT2D eigenvalue weighted by atomic mass is 35.5. The Morgan fingerprint density at radius 2 is 1.95 bits per heavy atom. The Kier molecular flexibility index (Phi) is 5.17. The monoisotopic (exact) mass is 315 g/mol. The van der Waals surface area contributed by atoms with Crippen LogP contribution < -0.4 is 4.74 Å². The van der Waals surface area contributed by atoms with Crippen LogP contribution in [0.5, 0.6) is 5.75 Å². The first-order valence-electron chi connectivity index (χ1n) is 6.81. The molecular weight excluding hydrogens is 297 g/mol. The van der Waals surface area contributed by atoms with Crippen LogP contribution in [-0.2, 0) is 4.79 Å². The van der Waals surface area contributed by atoms with E-state index in [9.17, 15) is 4.79 Å². The SMILES string of the molecule is CC1CC(C)CN(C(=O)COc2ccc(Cl)cc2Cl)C1. The molecule has 0 aromatic heterocycles. The highest BCUT2D eigenvalue weighted by Crippen LogP contribution is 2.27. The normalized spacial score (nSPS) is 22.7. The fourth-order valence-corrected chi connectivity index (χ4v) is 3.15. The Balaban J connectivity index is 1.91. The predicted molar refractivity (Wildman–Crippen MR) is 81.5 cm³/mol. The standard InChI is InChI=1S/C15H19Cl2NO2/c1-10-5-11(2)8-18(7-10)15(19)9-20-14-4-3-12(16)6-13(14)17/h3-4,6,10-11H,5,7-9H2,1-2H3. The lowest BCUT2D eigenvalue weighted by atomic mass is 9.92. The lowest BCUT2D eigenvalue weighted by Gasteiger charge is -2.34. The van der Waals surface area contributed by atoms with Crippen molar-refractivity contribution in [2.75, 3.05) is 19.7 Å². The van der Waals surface area contributed by atoms with Crippen LogP contribution in [0.15, 0.2) is 18.2 Å². The number of ether oxygens (including phenoxy) is 1. The van der Waals surface area contributed by atoms with E-state index in [2.05, 4.69) is 13.8 Å². The van der Waals surface area contributed by atoms with Crippen molar-refractivity contribution < 1.29 is 9.53 Å². The van der Waals surface area contributed by atoms with Gasteiger partial charge in [-0.25, -0.2) is 0 Å². The third-order valence-corrected chi connectivity index (χ3v) is 4.00. The summed E-state index contributed by atoms with van der Waals surface area (Å²) in [5.41, 5.74) is 0. The molecule has 1 aliphatic rings. The fourth-order valence-electron chi connectivity index (χ4n) is 2.69. The summed E-state index contributed by atoms with van der Waals surface area (Å²) in [6.45, 7) is 5.97. The molecule has 2 unspecified atom stereocenters. The van der Waals surface area contributed by atoms with E-state index in [1.807, 2.05) is 4.90 Å². The summed E-state index contributed by atoms with van der Waals surface area (Å²) >= 11 is 11.8. The number of amides is 1. The number of carbonyl (C=O) groups is 1. The third kappa shape index (κ3) is 4.03. The van der Waals surface area contributed by atoms with E-state index in [1.165, 1.54) is 6.42 Å². The van der Waals surface area contributed by atoms with Gasteiger partial charge in [0.25, 0.3) is 5.91 Å². The van der Waals surface area contributed by atoms with Gasteiger partial charge in [0.05, 0.1) is 5.02 Å². The molecule has 0 N–H and O–H groups in total. The third-order valence-electron chi connectivity index (χ3n) is 3.47. The number of hydrogen-bond donors (Lipinski definition) is 0. The molecule has 5 heteroatoms. The summed E-state index contributed by atoms with van der Waals surface area (Å²) in [4.78, 5) is 14.1. The van der Waals surface area contributed by atoms with Gasteiger partial charge in [0.15, 0.2) is 6.61 Å². The molecule has 0 bridgehead atoms. The van der Waals surface area contributed by atoms with E-state index in [0.29, 0.717) is 27.6 Å². The van der Waals surface area contributed by atoms with E-state index < -0.39 is 0 Å². The first-order chi connectivity index (χ1) is 9.45. The largest absolute Gasteiger partial charge is 0.482 e. The van der Waals surface area contributed by atoms with Crippen LogP contribution in [0.3, 0.4) is 0 Å². The summed E-state index contributed by atoms with van der Waals surface area (Å²) in [6, 6.07) is 4.98. The molecule has 3 nitrogen and oxygen atoms in total. The second-order valence-electron chi connectivity index (χ2n) is 5.61. The molecule has 1 aromatic rings. The Hall–Kier alpha value is -0.930. The number of rotatable bonds is 3. The summed E-state index contributed by atoms with van der Waals surface area (Å²) in [6.07, 6.45) is 1.17. The minimum absolute atomic E-state index is 0.00872. The molecule has 1 heterocycles. The van der Waals surface area contributed by atoms with Crippen molar-refractivity contribution in [1.82, 2.24) is 4.90 Å². The van der Waals surface area contributed by atoms with Crippen LogP contribution in [0, 0.1) is 11.8 Å². The van der Waals surface area contributed by atoms with Crippen molar-refractivity contribution in [3.63, 3.8) is 0 Å². The molecule has 1 aromatic carbocycles. The number of benzene rings is 1.